The van der Waals surface area contributed by atoms with E-state index in [4.69, 9.17) is 37.9 Å². The molecule has 9 fully saturated rings. The molecule has 8 bridgehead atoms. The van der Waals surface area contributed by atoms with Gasteiger partial charge in [0.1, 0.15) is 51.7 Å². The number of methoxy groups -OCH3 is 2. The number of cyclic esters (lactones) is 4. The van der Waals surface area contributed by atoms with Crippen molar-refractivity contribution in [2.45, 2.75) is 114 Å². The van der Waals surface area contributed by atoms with Gasteiger partial charge in [-0.05, 0) is 112 Å². The van der Waals surface area contributed by atoms with Crippen LogP contribution in [-0.4, -0.2) is 125 Å². The van der Waals surface area contributed by atoms with Gasteiger partial charge >= 0.3 is 48.0 Å². The summed E-state index contributed by atoms with van der Waals surface area (Å²) in [5.74, 6) is -7.38. The van der Waals surface area contributed by atoms with Gasteiger partial charge in [0.15, 0.2) is 12.1 Å². The second-order valence-corrected chi connectivity index (χ2v) is 22.1. The lowest BCUT2D eigenvalue weighted by Crippen LogP contribution is -2.60. The average molecular weight is 1060 g/mol. The second-order valence-electron chi connectivity index (χ2n) is 22.1. The third kappa shape index (κ3) is 11.4. The topological polar surface area (TPSA) is 293 Å². The van der Waals surface area contributed by atoms with Crippen molar-refractivity contribution in [2.24, 2.45) is 45.3 Å². The average Bonchev–Trinajstić information content (AvgIpc) is 3.50. The van der Waals surface area contributed by atoms with Crippen LogP contribution in [-0.2, 0) is 89.5 Å². The maximum absolute atomic E-state index is 14.5. The van der Waals surface area contributed by atoms with Crippen LogP contribution in [0, 0.1) is 45.3 Å². The molecule has 408 valence electrons. The minimum absolute atomic E-state index is 0.00452. The van der Waals surface area contributed by atoms with Gasteiger partial charge in [0, 0.05) is 0 Å². The summed E-state index contributed by atoms with van der Waals surface area (Å²) in [4.78, 5) is 139. The van der Waals surface area contributed by atoms with Gasteiger partial charge in [-0.1, -0.05) is 60.7 Å². The number of esters is 6. The first-order chi connectivity index (χ1) is 36.4. The number of rotatable bonds is 8. The maximum atomic E-state index is 14.5. The van der Waals surface area contributed by atoms with Crippen molar-refractivity contribution >= 4 is 59.8 Å². The van der Waals surface area contributed by atoms with Gasteiger partial charge in [0.05, 0.1) is 35.9 Å². The van der Waals surface area contributed by atoms with Gasteiger partial charge in [0.25, 0.3) is 0 Å². The van der Waals surface area contributed by atoms with E-state index in [1.165, 1.54) is 0 Å². The normalized spacial score (nSPS) is 34.4. The second kappa shape index (κ2) is 22.1. The molecule has 4 atom stereocenters. The van der Waals surface area contributed by atoms with Gasteiger partial charge in [-0.25, -0.2) is 19.2 Å². The van der Waals surface area contributed by atoms with Crippen molar-refractivity contribution in [3.63, 3.8) is 0 Å². The molecular weight excluding hydrogens is 993 g/mol. The minimum atomic E-state index is -1.66. The van der Waals surface area contributed by atoms with Crippen LogP contribution in [0.3, 0.4) is 0 Å². The molecule has 22 nitrogen and oxygen atoms in total. The Hall–Kier alpha value is -7.26. The number of amides is 4. The van der Waals surface area contributed by atoms with E-state index in [0.29, 0.717) is 68.9 Å². The molecule has 8 saturated carbocycles. The molecule has 2 aromatic carbocycles. The molecule has 9 aliphatic rings. The molecule has 4 N–H and O–H groups in total. The van der Waals surface area contributed by atoms with E-state index >= 15 is 0 Å². The van der Waals surface area contributed by atoms with E-state index in [0.717, 1.165) is 20.6 Å². The highest BCUT2D eigenvalue weighted by atomic mass is 16.6. The van der Waals surface area contributed by atoms with Crippen LogP contribution in [0.4, 0.5) is 9.59 Å². The lowest BCUT2D eigenvalue weighted by molar-refractivity contribution is -0.196. The molecular formula is C54H64N4O18. The predicted octanol–water partition coefficient (Wildman–Crippen LogP) is 3.25. The predicted molar refractivity (Wildman–Crippen MR) is 258 cm³/mol. The number of carbonyl (C=O) groups is 10. The van der Waals surface area contributed by atoms with Gasteiger partial charge in [0.2, 0.25) is 11.8 Å². The SMILES string of the molecule is COC(=O)C1COC(=O)C23CC4CC(C2)CC(C4)(C3)C(=O)OCC(C(=O)OC)NC(=O)C(NC(=O)OCc2ccccc2)COC(=O)C23CC4CC(CC(C4)(C2)C(=O)OCC(NC(=O)OCc2ccccc2)C(=O)N1)C3. The summed E-state index contributed by atoms with van der Waals surface area (Å²) in [6, 6.07) is 10.9. The molecule has 2 aromatic rings. The zero-order valence-electron chi connectivity index (χ0n) is 42.5. The Morgan fingerprint density at radius 1 is 0.487 bits per heavy atom. The van der Waals surface area contributed by atoms with Crippen LogP contribution in [0.5, 0.6) is 0 Å². The molecule has 0 radical (unpaired) electrons. The van der Waals surface area contributed by atoms with Crippen molar-refractivity contribution in [3.8, 4) is 0 Å². The Bertz CT molecular complexity index is 2400. The largest absolute Gasteiger partial charge is 0.467 e. The number of hydrogen-bond acceptors (Lipinski definition) is 18. The fourth-order valence-electron chi connectivity index (χ4n) is 14.1. The molecule has 4 amide bonds. The van der Waals surface area contributed by atoms with Gasteiger partial charge in [-0.3, -0.25) is 28.8 Å². The molecule has 11 rings (SSSR count). The molecule has 1 heterocycles. The summed E-state index contributed by atoms with van der Waals surface area (Å²) in [7, 11) is 2.14. The Labute approximate surface area is 437 Å². The van der Waals surface area contributed by atoms with E-state index < -0.39 is 132 Å². The van der Waals surface area contributed by atoms with E-state index in [9.17, 15) is 47.9 Å². The molecule has 1 aliphatic heterocycles. The molecule has 76 heavy (non-hydrogen) atoms. The number of benzene rings is 2. The standard InChI is InChI=1S/C54H64N4O18/c1-69-43(61)39-27-73-47(65)53-19-35-14-36(20-53)22-54(21-35,30-53)48(66)74-28-40(44(62)70-2)56-42(60)38(58-50(68)76-24-32-11-7-4-8-12-32)26-72-46(64)52-17-33-13-34(18-52)16-51(15-33,29-52)45(63)71-25-37(41(59)55-39)57-49(67)75-23-31-9-5-3-6-10-31/h3-12,33-40H,13-30H2,1-2H3,(H,55,59)(H,56,60)(H,57,67)(H,58,68). The first kappa shape index (κ1) is 53.6. The Morgan fingerprint density at radius 3 is 1.09 bits per heavy atom. The highest BCUT2D eigenvalue weighted by molar-refractivity contribution is 5.92. The van der Waals surface area contributed by atoms with Crippen molar-refractivity contribution < 1.29 is 85.8 Å². The Kier molecular flexibility index (Phi) is 15.6. The summed E-state index contributed by atoms with van der Waals surface area (Å²) in [5, 5.41) is 9.86. The maximum Gasteiger partial charge on any atom is 0.408 e. The van der Waals surface area contributed by atoms with Crippen molar-refractivity contribution in [1.29, 1.82) is 0 Å². The summed E-state index contributed by atoms with van der Waals surface area (Å²) in [6.07, 6.45) is 2.18. The summed E-state index contributed by atoms with van der Waals surface area (Å²) in [6.45, 7) is -3.26. The van der Waals surface area contributed by atoms with Crippen LogP contribution in [0.2, 0.25) is 0 Å². The van der Waals surface area contributed by atoms with Crippen molar-refractivity contribution in [3.05, 3.63) is 71.8 Å². The molecule has 8 aliphatic carbocycles. The molecule has 4 spiro atoms. The first-order valence-electron chi connectivity index (χ1n) is 25.8. The quantitative estimate of drug-likeness (QED) is 0.218. The minimum Gasteiger partial charge on any atom is -0.467 e. The smallest absolute Gasteiger partial charge is 0.408 e. The van der Waals surface area contributed by atoms with Gasteiger partial charge < -0.3 is 59.2 Å². The highest BCUT2D eigenvalue weighted by Crippen LogP contribution is 2.67. The van der Waals surface area contributed by atoms with E-state index in [-0.39, 0.29) is 49.7 Å². The Morgan fingerprint density at radius 2 is 0.789 bits per heavy atom. The van der Waals surface area contributed by atoms with E-state index in [2.05, 4.69) is 21.3 Å². The third-order valence-electron chi connectivity index (χ3n) is 16.6. The molecule has 0 aromatic heterocycles. The monoisotopic (exact) mass is 1060 g/mol. The number of ether oxygens (including phenoxy) is 8. The van der Waals surface area contributed by atoms with E-state index in [1.54, 1.807) is 60.7 Å². The zero-order valence-corrected chi connectivity index (χ0v) is 42.5. The highest BCUT2D eigenvalue weighted by Gasteiger charge is 2.66. The number of carbonyl (C=O) groups excluding carboxylic acids is 10. The van der Waals surface area contributed by atoms with Crippen molar-refractivity contribution in [1.82, 2.24) is 21.3 Å². The number of nitrogens with one attached hydrogen (secondary N) is 4. The third-order valence-corrected chi connectivity index (χ3v) is 16.6. The van der Waals surface area contributed by atoms with Crippen LogP contribution in [0.1, 0.15) is 88.2 Å². The fraction of sp³-hybridized carbons (Fsp3) is 0.593. The van der Waals surface area contributed by atoms with Crippen LogP contribution in [0.25, 0.3) is 0 Å². The van der Waals surface area contributed by atoms with Crippen LogP contribution >= 0.6 is 0 Å². The van der Waals surface area contributed by atoms with Crippen LogP contribution < -0.4 is 21.3 Å². The fourth-order valence-corrected chi connectivity index (χ4v) is 14.1. The molecule has 1 saturated heterocycles. The lowest BCUT2D eigenvalue weighted by atomic mass is 9.44. The number of alkyl carbamates (subject to hydrolysis) is 2. The number of hydrogen-bond donors (Lipinski definition) is 4. The zero-order chi connectivity index (χ0) is 53.8. The Balaban J connectivity index is 1.01. The van der Waals surface area contributed by atoms with Gasteiger partial charge in [-0.15, -0.1) is 0 Å². The lowest BCUT2D eigenvalue weighted by Gasteiger charge is -2.59. The summed E-state index contributed by atoms with van der Waals surface area (Å²) in [5.41, 5.74) is -3.58. The molecule has 22 heteroatoms. The van der Waals surface area contributed by atoms with Gasteiger partial charge in [-0.2, -0.15) is 0 Å². The van der Waals surface area contributed by atoms with Crippen molar-refractivity contribution in [2.75, 3.05) is 40.6 Å². The summed E-state index contributed by atoms with van der Waals surface area (Å²) < 4.78 is 44.3. The van der Waals surface area contributed by atoms with E-state index in [1.807, 2.05) is 0 Å². The molecule has 4 unspecified atom stereocenters. The van der Waals surface area contributed by atoms with Crippen LogP contribution in [0.15, 0.2) is 60.7 Å². The first-order valence-corrected chi connectivity index (χ1v) is 25.8. The summed E-state index contributed by atoms with van der Waals surface area (Å²) >= 11 is 0.